The molecule has 1 saturated carbocycles. The van der Waals surface area contributed by atoms with Crippen molar-refractivity contribution in [1.29, 1.82) is 0 Å². The number of nitrogens with one attached hydrogen (secondary N) is 1. The van der Waals surface area contributed by atoms with Crippen molar-refractivity contribution in [3.63, 3.8) is 0 Å². The predicted molar refractivity (Wildman–Crippen MR) is 110 cm³/mol. The molecule has 2 heterocycles. The first-order valence-electron chi connectivity index (χ1n) is 10.0. The van der Waals surface area contributed by atoms with Crippen molar-refractivity contribution >= 4 is 17.1 Å². The topological polar surface area (TPSA) is 85.0 Å². The first-order chi connectivity index (χ1) is 13.6. The highest BCUT2D eigenvalue weighted by Gasteiger charge is 2.25. The number of hydrogen-bond acceptors (Lipinski definition) is 5. The molecular formula is C21H27N5O2. The molecule has 1 aromatic carbocycles. The van der Waals surface area contributed by atoms with E-state index in [2.05, 4.69) is 15.3 Å². The summed E-state index contributed by atoms with van der Waals surface area (Å²) in [6.45, 7) is 2.62. The summed E-state index contributed by atoms with van der Waals surface area (Å²) in [5, 5.41) is 13.5. The van der Waals surface area contributed by atoms with Crippen LogP contribution in [-0.4, -0.2) is 36.4 Å². The predicted octanol–water partition coefficient (Wildman–Crippen LogP) is 2.46. The number of aromatic nitrogens is 4. The molecule has 0 aliphatic heterocycles. The van der Waals surface area contributed by atoms with Crippen LogP contribution in [0, 0.1) is 0 Å². The van der Waals surface area contributed by atoms with Gasteiger partial charge in [0.25, 0.3) is 5.56 Å². The fraction of sp³-hybridized carbons (Fsp3) is 0.476. The van der Waals surface area contributed by atoms with Crippen LogP contribution in [0.4, 0.5) is 5.95 Å². The molecule has 0 radical (unpaired) electrons. The molecule has 2 N–H and O–H groups in total. The summed E-state index contributed by atoms with van der Waals surface area (Å²) in [6, 6.07) is 9.98. The Morgan fingerprint density at radius 1 is 1.18 bits per heavy atom. The minimum absolute atomic E-state index is 0.0821. The molecule has 1 fully saturated rings. The zero-order valence-electron chi connectivity index (χ0n) is 16.4. The monoisotopic (exact) mass is 381 g/mol. The van der Waals surface area contributed by atoms with E-state index in [4.69, 9.17) is 0 Å². The average molecular weight is 381 g/mol. The molecule has 0 amide bonds. The summed E-state index contributed by atoms with van der Waals surface area (Å²) >= 11 is 0. The number of anilines is 1. The van der Waals surface area contributed by atoms with Crippen molar-refractivity contribution in [2.24, 2.45) is 7.05 Å². The van der Waals surface area contributed by atoms with E-state index in [-0.39, 0.29) is 11.6 Å². The van der Waals surface area contributed by atoms with Crippen molar-refractivity contribution in [1.82, 2.24) is 19.1 Å². The lowest BCUT2D eigenvalue weighted by atomic mass is 9.93. The first-order valence-corrected chi connectivity index (χ1v) is 10.0. The minimum atomic E-state index is -0.414. The number of aliphatic hydroxyl groups excluding tert-OH is 1. The van der Waals surface area contributed by atoms with Crippen LogP contribution in [0.1, 0.15) is 44.0 Å². The second kappa shape index (κ2) is 7.75. The van der Waals surface area contributed by atoms with Crippen LogP contribution in [0.5, 0.6) is 0 Å². The van der Waals surface area contributed by atoms with Crippen LogP contribution in [0.3, 0.4) is 0 Å². The van der Waals surface area contributed by atoms with E-state index in [9.17, 15) is 9.90 Å². The molecule has 0 spiro atoms. The van der Waals surface area contributed by atoms with E-state index in [1.165, 1.54) is 4.57 Å². The summed E-state index contributed by atoms with van der Waals surface area (Å²) in [5.41, 5.74) is 1.98. The highest BCUT2D eigenvalue weighted by Crippen LogP contribution is 2.22. The SMILES string of the molecule is CCc1nc2nc(NC3CCCCC3O)n(C)c(=O)c2n1Cc1ccccc1. The third-order valence-electron chi connectivity index (χ3n) is 5.61. The van der Waals surface area contributed by atoms with Gasteiger partial charge in [-0.2, -0.15) is 4.98 Å². The van der Waals surface area contributed by atoms with E-state index >= 15 is 0 Å². The smallest absolute Gasteiger partial charge is 0.280 e. The van der Waals surface area contributed by atoms with Crippen LogP contribution < -0.4 is 10.9 Å². The average Bonchev–Trinajstić information content (AvgIpc) is 3.05. The number of nitrogens with zero attached hydrogens (tertiary/aromatic N) is 4. The third kappa shape index (κ3) is 3.42. The highest BCUT2D eigenvalue weighted by molar-refractivity contribution is 5.72. The summed E-state index contributed by atoms with van der Waals surface area (Å²) < 4.78 is 3.51. The Balaban J connectivity index is 1.76. The molecular weight excluding hydrogens is 354 g/mol. The molecule has 2 atom stereocenters. The molecule has 2 unspecified atom stereocenters. The lowest BCUT2D eigenvalue weighted by molar-refractivity contribution is 0.116. The van der Waals surface area contributed by atoms with Crippen molar-refractivity contribution in [2.45, 2.75) is 57.7 Å². The van der Waals surface area contributed by atoms with Gasteiger partial charge in [-0.1, -0.05) is 50.1 Å². The summed E-state index contributed by atoms with van der Waals surface area (Å²) in [5.74, 6) is 1.31. The van der Waals surface area contributed by atoms with Gasteiger partial charge in [0.05, 0.1) is 12.1 Å². The molecule has 7 nitrogen and oxygen atoms in total. The zero-order valence-corrected chi connectivity index (χ0v) is 16.4. The van der Waals surface area contributed by atoms with Crippen LogP contribution >= 0.6 is 0 Å². The molecule has 0 bridgehead atoms. The fourth-order valence-corrected chi connectivity index (χ4v) is 3.99. The highest BCUT2D eigenvalue weighted by atomic mass is 16.3. The Hall–Kier alpha value is -2.67. The fourth-order valence-electron chi connectivity index (χ4n) is 3.99. The van der Waals surface area contributed by atoms with E-state index < -0.39 is 6.10 Å². The van der Waals surface area contributed by atoms with E-state index in [0.29, 0.717) is 23.7 Å². The number of imidazole rings is 1. The Bertz CT molecular complexity index is 1020. The Morgan fingerprint density at radius 3 is 2.64 bits per heavy atom. The molecule has 7 heteroatoms. The summed E-state index contributed by atoms with van der Waals surface area (Å²) in [7, 11) is 1.72. The van der Waals surface area contributed by atoms with Gasteiger partial charge >= 0.3 is 0 Å². The van der Waals surface area contributed by atoms with Gasteiger partial charge in [-0.3, -0.25) is 9.36 Å². The van der Waals surface area contributed by atoms with Crippen molar-refractivity contribution in [3.05, 3.63) is 52.1 Å². The molecule has 4 rings (SSSR count). The maximum atomic E-state index is 13.2. The van der Waals surface area contributed by atoms with Crippen LogP contribution in [0.15, 0.2) is 35.1 Å². The van der Waals surface area contributed by atoms with Gasteiger partial charge in [0.15, 0.2) is 11.2 Å². The van der Waals surface area contributed by atoms with Gasteiger partial charge in [-0.15, -0.1) is 0 Å². The number of rotatable bonds is 5. The van der Waals surface area contributed by atoms with Gasteiger partial charge in [-0.25, -0.2) is 4.98 Å². The standard InChI is InChI=1S/C21H27N5O2/c1-3-17-23-19-18(26(17)13-14-9-5-4-6-10-14)20(28)25(2)21(24-19)22-15-11-7-8-12-16(15)27/h4-6,9-10,15-16,27H,3,7-8,11-13H2,1-2H3,(H,22,24). The van der Waals surface area contributed by atoms with Crippen molar-refractivity contribution < 1.29 is 5.11 Å². The summed E-state index contributed by atoms with van der Waals surface area (Å²) in [6.07, 6.45) is 4.06. The van der Waals surface area contributed by atoms with Crippen molar-refractivity contribution in [3.8, 4) is 0 Å². The summed E-state index contributed by atoms with van der Waals surface area (Å²) in [4.78, 5) is 22.5. The molecule has 148 valence electrons. The van der Waals surface area contributed by atoms with Crippen LogP contribution in [0.25, 0.3) is 11.2 Å². The van der Waals surface area contributed by atoms with Gasteiger partial charge in [-0.05, 0) is 18.4 Å². The minimum Gasteiger partial charge on any atom is -0.391 e. The van der Waals surface area contributed by atoms with E-state index in [0.717, 1.165) is 43.5 Å². The Morgan fingerprint density at radius 2 is 1.93 bits per heavy atom. The van der Waals surface area contributed by atoms with Crippen LogP contribution in [-0.2, 0) is 20.0 Å². The van der Waals surface area contributed by atoms with Gasteiger partial charge in [0, 0.05) is 20.0 Å². The maximum Gasteiger partial charge on any atom is 0.280 e. The van der Waals surface area contributed by atoms with Gasteiger partial charge in [0.2, 0.25) is 5.95 Å². The van der Waals surface area contributed by atoms with Crippen molar-refractivity contribution in [2.75, 3.05) is 5.32 Å². The number of aryl methyl sites for hydroxylation is 1. The molecule has 2 aromatic heterocycles. The lowest BCUT2D eigenvalue weighted by Gasteiger charge is -2.29. The molecule has 3 aromatic rings. The van der Waals surface area contributed by atoms with E-state index in [1.54, 1.807) is 7.05 Å². The first kappa shape index (κ1) is 18.7. The molecule has 1 aliphatic rings. The number of benzene rings is 1. The number of aliphatic hydroxyl groups is 1. The molecule has 1 aliphatic carbocycles. The Kier molecular flexibility index (Phi) is 5.17. The number of fused-ring (bicyclic) bond motifs is 1. The van der Waals surface area contributed by atoms with Crippen LogP contribution in [0.2, 0.25) is 0 Å². The van der Waals surface area contributed by atoms with Gasteiger partial charge in [0.1, 0.15) is 5.82 Å². The maximum absolute atomic E-state index is 13.2. The second-order valence-corrected chi connectivity index (χ2v) is 7.53. The lowest BCUT2D eigenvalue weighted by Crippen LogP contribution is -2.38. The van der Waals surface area contributed by atoms with E-state index in [1.807, 2.05) is 41.8 Å². The number of hydrogen-bond donors (Lipinski definition) is 2. The second-order valence-electron chi connectivity index (χ2n) is 7.53. The quantitative estimate of drug-likeness (QED) is 0.709. The molecule has 28 heavy (non-hydrogen) atoms. The van der Waals surface area contributed by atoms with Gasteiger partial charge < -0.3 is 15.0 Å². The zero-order chi connectivity index (χ0) is 19.7. The normalized spacial score (nSPS) is 19.8. The largest absolute Gasteiger partial charge is 0.391 e. The Labute approximate surface area is 164 Å². The molecule has 0 saturated heterocycles. The third-order valence-corrected chi connectivity index (χ3v) is 5.61.